The minimum absolute atomic E-state index is 0.246. The van der Waals surface area contributed by atoms with Crippen LogP contribution in [0.4, 0.5) is 11.8 Å². The Labute approximate surface area is 124 Å². The molecular weight excluding hydrogens is 266 g/mol. The van der Waals surface area contributed by atoms with E-state index in [1.54, 1.807) is 12.1 Å². The van der Waals surface area contributed by atoms with E-state index in [-0.39, 0.29) is 5.91 Å². The molecule has 1 amide bonds. The number of nitrogens with one attached hydrogen (secondary N) is 2. The van der Waals surface area contributed by atoms with E-state index >= 15 is 0 Å². The SMILES string of the molecule is CCNc1cc(C(=O)Nc2nc(C)cc(C)n2)cc(C)n1. The summed E-state index contributed by atoms with van der Waals surface area (Å²) >= 11 is 0. The fourth-order valence-electron chi connectivity index (χ4n) is 2.03. The average molecular weight is 285 g/mol. The minimum atomic E-state index is -0.246. The number of anilines is 2. The highest BCUT2D eigenvalue weighted by molar-refractivity contribution is 6.03. The van der Waals surface area contributed by atoms with Crippen LogP contribution in [0.3, 0.4) is 0 Å². The summed E-state index contributed by atoms with van der Waals surface area (Å²) in [5, 5.41) is 5.82. The maximum Gasteiger partial charge on any atom is 0.258 e. The molecule has 0 aliphatic rings. The molecule has 21 heavy (non-hydrogen) atoms. The Bertz CT molecular complexity index is 649. The van der Waals surface area contributed by atoms with Crippen LogP contribution in [0.25, 0.3) is 0 Å². The number of carbonyl (C=O) groups excluding carboxylic acids is 1. The predicted molar refractivity (Wildman–Crippen MR) is 82.6 cm³/mol. The van der Waals surface area contributed by atoms with Crippen molar-refractivity contribution in [2.45, 2.75) is 27.7 Å². The highest BCUT2D eigenvalue weighted by Crippen LogP contribution is 2.12. The van der Waals surface area contributed by atoms with Crippen molar-refractivity contribution in [2.24, 2.45) is 0 Å². The van der Waals surface area contributed by atoms with E-state index in [0.29, 0.717) is 17.3 Å². The van der Waals surface area contributed by atoms with Gasteiger partial charge in [-0.2, -0.15) is 0 Å². The molecule has 2 rings (SSSR count). The summed E-state index contributed by atoms with van der Waals surface area (Å²) in [6.45, 7) is 8.31. The number of pyridine rings is 1. The van der Waals surface area contributed by atoms with Crippen LogP contribution in [0.15, 0.2) is 18.2 Å². The molecule has 2 heterocycles. The maximum absolute atomic E-state index is 12.3. The van der Waals surface area contributed by atoms with Crippen LogP contribution in [0.5, 0.6) is 0 Å². The topological polar surface area (TPSA) is 79.8 Å². The van der Waals surface area contributed by atoms with Crippen molar-refractivity contribution in [3.8, 4) is 0 Å². The van der Waals surface area contributed by atoms with Crippen LogP contribution in [0.1, 0.15) is 34.4 Å². The summed E-state index contributed by atoms with van der Waals surface area (Å²) in [6, 6.07) is 5.31. The molecule has 2 aromatic heterocycles. The fraction of sp³-hybridized carbons (Fsp3) is 0.333. The normalized spacial score (nSPS) is 10.3. The van der Waals surface area contributed by atoms with E-state index < -0.39 is 0 Å². The number of aromatic nitrogens is 3. The summed E-state index contributed by atoms with van der Waals surface area (Å²) in [6.07, 6.45) is 0. The van der Waals surface area contributed by atoms with Gasteiger partial charge in [0, 0.05) is 29.2 Å². The van der Waals surface area contributed by atoms with Gasteiger partial charge in [-0.25, -0.2) is 15.0 Å². The standard InChI is InChI=1S/C15H19N5O/c1-5-16-13-8-12(7-11(4)17-13)14(21)20-15-18-9(2)6-10(3)19-15/h6-8H,5H2,1-4H3,(H,16,17)(H,18,19,20,21). The molecule has 2 aromatic rings. The smallest absolute Gasteiger partial charge is 0.258 e. The van der Waals surface area contributed by atoms with Gasteiger partial charge in [0.25, 0.3) is 5.91 Å². The Morgan fingerprint density at radius 2 is 1.62 bits per heavy atom. The van der Waals surface area contributed by atoms with Gasteiger partial charge in [-0.3, -0.25) is 10.1 Å². The molecule has 0 aromatic carbocycles. The summed E-state index contributed by atoms with van der Waals surface area (Å²) < 4.78 is 0. The lowest BCUT2D eigenvalue weighted by Crippen LogP contribution is -2.16. The lowest BCUT2D eigenvalue weighted by atomic mass is 10.2. The lowest BCUT2D eigenvalue weighted by molar-refractivity contribution is 0.102. The first-order valence-electron chi connectivity index (χ1n) is 6.84. The Balaban J connectivity index is 2.23. The monoisotopic (exact) mass is 285 g/mol. The van der Waals surface area contributed by atoms with Gasteiger partial charge in [0.15, 0.2) is 0 Å². The van der Waals surface area contributed by atoms with E-state index in [1.165, 1.54) is 0 Å². The van der Waals surface area contributed by atoms with Crippen LogP contribution in [0, 0.1) is 20.8 Å². The molecule has 0 saturated carbocycles. The summed E-state index contributed by atoms with van der Waals surface area (Å²) in [4.78, 5) is 25.0. The van der Waals surface area contributed by atoms with Crippen molar-refractivity contribution in [2.75, 3.05) is 17.2 Å². The molecule has 0 atom stereocenters. The van der Waals surface area contributed by atoms with Gasteiger partial charge in [-0.05, 0) is 45.9 Å². The second-order valence-electron chi connectivity index (χ2n) is 4.84. The zero-order valence-electron chi connectivity index (χ0n) is 12.7. The number of amides is 1. The molecule has 0 bridgehead atoms. The molecule has 6 heteroatoms. The molecular formula is C15H19N5O. The molecule has 0 spiro atoms. The molecule has 0 unspecified atom stereocenters. The van der Waals surface area contributed by atoms with Crippen LogP contribution in [0.2, 0.25) is 0 Å². The highest BCUT2D eigenvalue weighted by Gasteiger charge is 2.11. The largest absolute Gasteiger partial charge is 0.370 e. The molecule has 0 saturated heterocycles. The van der Waals surface area contributed by atoms with Crippen LogP contribution in [-0.2, 0) is 0 Å². The van der Waals surface area contributed by atoms with Gasteiger partial charge < -0.3 is 5.32 Å². The van der Waals surface area contributed by atoms with Gasteiger partial charge >= 0.3 is 0 Å². The second-order valence-corrected chi connectivity index (χ2v) is 4.84. The number of rotatable bonds is 4. The predicted octanol–water partition coefficient (Wildman–Crippen LogP) is 2.48. The van der Waals surface area contributed by atoms with Crippen LogP contribution < -0.4 is 10.6 Å². The van der Waals surface area contributed by atoms with Crippen LogP contribution in [-0.4, -0.2) is 27.4 Å². The Hall–Kier alpha value is -2.50. The molecule has 110 valence electrons. The van der Waals surface area contributed by atoms with E-state index in [1.807, 2.05) is 33.8 Å². The van der Waals surface area contributed by atoms with E-state index in [2.05, 4.69) is 25.6 Å². The van der Waals surface area contributed by atoms with Gasteiger partial charge in [0.1, 0.15) is 5.82 Å². The third kappa shape index (κ3) is 3.98. The highest BCUT2D eigenvalue weighted by atomic mass is 16.1. The summed E-state index contributed by atoms with van der Waals surface area (Å²) in [5.41, 5.74) is 2.94. The molecule has 2 N–H and O–H groups in total. The average Bonchev–Trinajstić information content (AvgIpc) is 2.37. The zero-order valence-corrected chi connectivity index (χ0v) is 12.7. The number of aryl methyl sites for hydroxylation is 3. The van der Waals surface area contributed by atoms with Gasteiger partial charge in [0.05, 0.1) is 0 Å². The Kier molecular flexibility index (Phi) is 4.47. The first-order chi connectivity index (χ1) is 9.97. The molecule has 0 fully saturated rings. The van der Waals surface area contributed by atoms with Crippen LogP contribution >= 0.6 is 0 Å². The number of carbonyl (C=O) groups is 1. The van der Waals surface area contributed by atoms with E-state index in [9.17, 15) is 4.79 Å². The third-order valence-electron chi connectivity index (χ3n) is 2.78. The van der Waals surface area contributed by atoms with Crippen molar-refractivity contribution in [1.82, 2.24) is 15.0 Å². The summed E-state index contributed by atoms with van der Waals surface area (Å²) in [5.74, 6) is 0.755. The van der Waals surface area contributed by atoms with Crippen molar-refractivity contribution in [1.29, 1.82) is 0 Å². The van der Waals surface area contributed by atoms with E-state index in [4.69, 9.17) is 0 Å². The Morgan fingerprint density at radius 1 is 1.00 bits per heavy atom. The van der Waals surface area contributed by atoms with Crippen molar-refractivity contribution >= 4 is 17.7 Å². The molecule has 0 aliphatic carbocycles. The first-order valence-corrected chi connectivity index (χ1v) is 6.84. The number of nitrogens with zero attached hydrogens (tertiary/aromatic N) is 3. The lowest BCUT2D eigenvalue weighted by Gasteiger charge is -2.08. The number of hydrogen-bond acceptors (Lipinski definition) is 5. The van der Waals surface area contributed by atoms with Crippen molar-refractivity contribution < 1.29 is 4.79 Å². The zero-order chi connectivity index (χ0) is 15.4. The maximum atomic E-state index is 12.3. The minimum Gasteiger partial charge on any atom is -0.370 e. The van der Waals surface area contributed by atoms with Gasteiger partial charge in [-0.1, -0.05) is 0 Å². The molecule has 6 nitrogen and oxygen atoms in total. The quantitative estimate of drug-likeness (QED) is 0.902. The molecule has 0 radical (unpaired) electrons. The third-order valence-corrected chi connectivity index (χ3v) is 2.78. The molecule has 0 aliphatic heterocycles. The van der Waals surface area contributed by atoms with Crippen molar-refractivity contribution in [3.63, 3.8) is 0 Å². The second kappa shape index (κ2) is 6.30. The van der Waals surface area contributed by atoms with E-state index in [0.717, 1.165) is 23.6 Å². The summed E-state index contributed by atoms with van der Waals surface area (Å²) in [7, 11) is 0. The van der Waals surface area contributed by atoms with Gasteiger partial charge in [-0.15, -0.1) is 0 Å². The van der Waals surface area contributed by atoms with Crippen molar-refractivity contribution in [3.05, 3.63) is 40.8 Å². The Morgan fingerprint density at radius 3 is 2.24 bits per heavy atom. The fourth-order valence-corrected chi connectivity index (χ4v) is 2.03. The first kappa shape index (κ1) is 14.9. The number of hydrogen-bond donors (Lipinski definition) is 2. The van der Waals surface area contributed by atoms with Gasteiger partial charge in [0.2, 0.25) is 5.95 Å².